The van der Waals surface area contributed by atoms with Gasteiger partial charge in [-0.05, 0) is 13.0 Å². The van der Waals surface area contributed by atoms with Gasteiger partial charge >= 0.3 is 0 Å². The van der Waals surface area contributed by atoms with Crippen LogP contribution in [0.4, 0.5) is 10.1 Å². The summed E-state index contributed by atoms with van der Waals surface area (Å²) in [4.78, 5) is 26.0. The fourth-order valence-corrected chi connectivity index (χ4v) is 3.67. The zero-order valence-electron chi connectivity index (χ0n) is 17.7. The summed E-state index contributed by atoms with van der Waals surface area (Å²) in [5.74, 6) is 0.0768. The molecule has 0 saturated carbocycles. The smallest absolute Gasteiger partial charge is 0.234 e. The van der Waals surface area contributed by atoms with Crippen LogP contribution >= 0.6 is 0 Å². The summed E-state index contributed by atoms with van der Waals surface area (Å²) >= 11 is 0. The Morgan fingerprint density at radius 2 is 2.03 bits per heavy atom. The molecule has 0 aliphatic carbocycles. The number of rotatable bonds is 4. The predicted octanol–water partition coefficient (Wildman–Crippen LogP) is 1.04. The molecule has 1 saturated heterocycles. The lowest BCUT2D eigenvalue weighted by Gasteiger charge is -2.30. The van der Waals surface area contributed by atoms with E-state index in [2.05, 4.69) is 25.2 Å². The van der Waals surface area contributed by atoms with Crippen molar-refractivity contribution in [2.75, 3.05) is 38.2 Å². The van der Waals surface area contributed by atoms with Gasteiger partial charge in [0.1, 0.15) is 0 Å². The molecule has 1 aliphatic heterocycles. The topological polar surface area (TPSA) is 88.5 Å². The van der Waals surface area contributed by atoms with E-state index in [0.717, 1.165) is 31.9 Å². The number of aromatic nitrogens is 3. The van der Waals surface area contributed by atoms with Crippen LogP contribution < -0.4 is 20.4 Å². The number of halogens is 1. The lowest BCUT2D eigenvalue weighted by atomic mass is 10.2. The molecule has 0 bridgehead atoms. The van der Waals surface area contributed by atoms with E-state index in [1.807, 2.05) is 23.9 Å². The molecule has 1 fully saturated rings. The van der Waals surface area contributed by atoms with Crippen molar-refractivity contribution in [3.8, 4) is 5.75 Å². The van der Waals surface area contributed by atoms with Gasteiger partial charge in [0.05, 0.1) is 18.5 Å². The van der Waals surface area contributed by atoms with Gasteiger partial charge in [0.25, 0.3) is 0 Å². The molecule has 31 heavy (non-hydrogen) atoms. The van der Waals surface area contributed by atoms with Crippen LogP contribution in [0.25, 0.3) is 5.65 Å². The Morgan fingerprint density at radius 1 is 1.26 bits per heavy atom. The van der Waals surface area contributed by atoms with E-state index in [9.17, 15) is 9.18 Å². The van der Waals surface area contributed by atoms with E-state index in [1.54, 1.807) is 30.8 Å². The number of carbonyl (C=O) groups is 1. The van der Waals surface area contributed by atoms with Crippen LogP contribution in [0, 0.1) is 12.7 Å². The van der Waals surface area contributed by atoms with Crippen molar-refractivity contribution < 1.29 is 13.9 Å². The second kappa shape index (κ2) is 8.68. The van der Waals surface area contributed by atoms with Gasteiger partial charge in [-0.1, -0.05) is 0 Å². The molecule has 4 rings (SSSR count). The molecule has 0 unspecified atom stereocenters. The van der Waals surface area contributed by atoms with Gasteiger partial charge in [-0.15, -0.1) is 0 Å². The minimum atomic E-state index is -0.523. The molecule has 1 amide bonds. The minimum Gasteiger partial charge on any atom is -0.493 e. The van der Waals surface area contributed by atoms with Crippen molar-refractivity contribution in [2.24, 2.45) is 17.0 Å². The third kappa shape index (κ3) is 4.19. The second-order valence-electron chi connectivity index (χ2n) is 7.30. The number of aliphatic imine (C=N–C) groups is 1. The van der Waals surface area contributed by atoms with Gasteiger partial charge < -0.3 is 23.9 Å². The zero-order chi connectivity index (χ0) is 22.0. The van der Waals surface area contributed by atoms with E-state index in [0.29, 0.717) is 28.9 Å². The molecular formula is C21H24FN7O2. The number of hydrogen-bond donors (Lipinski definition) is 1. The van der Waals surface area contributed by atoms with E-state index in [-0.39, 0.29) is 11.5 Å². The molecule has 4 heterocycles. The molecule has 3 aromatic heterocycles. The summed E-state index contributed by atoms with van der Waals surface area (Å²) in [5, 5.41) is 3.33. The zero-order valence-corrected chi connectivity index (χ0v) is 17.7. The fourth-order valence-electron chi connectivity index (χ4n) is 3.67. The maximum Gasteiger partial charge on any atom is 0.234 e. The number of piperazine rings is 1. The number of imidazole rings is 1. The monoisotopic (exact) mass is 425 g/mol. The van der Waals surface area contributed by atoms with Crippen LogP contribution in [0.1, 0.15) is 11.3 Å². The largest absolute Gasteiger partial charge is 0.493 e. The maximum absolute atomic E-state index is 14.6. The Morgan fingerprint density at radius 3 is 2.74 bits per heavy atom. The van der Waals surface area contributed by atoms with Crippen molar-refractivity contribution in [3.63, 3.8) is 0 Å². The number of nitrogens with zero attached hydrogens (tertiary/aromatic N) is 6. The Hall–Kier alpha value is -3.53. The highest BCUT2D eigenvalue weighted by atomic mass is 19.1. The number of aryl methyl sites for hydroxylation is 2. The number of amidine groups is 1. The van der Waals surface area contributed by atoms with Crippen LogP contribution in [-0.2, 0) is 11.8 Å². The average molecular weight is 425 g/mol. The highest BCUT2D eigenvalue weighted by Gasteiger charge is 2.15. The number of anilines is 1. The van der Waals surface area contributed by atoms with Crippen molar-refractivity contribution in [1.29, 1.82) is 0 Å². The number of fused-ring (bicyclic) bond motifs is 1. The number of ether oxygens (including phenoxy) is 1. The molecule has 9 nitrogen and oxygen atoms in total. The first-order valence-corrected chi connectivity index (χ1v) is 9.92. The van der Waals surface area contributed by atoms with Crippen LogP contribution in [-0.4, -0.2) is 59.5 Å². The third-order valence-electron chi connectivity index (χ3n) is 5.13. The minimum absolute atomic E-state index is 0.0750. The van der Waals surface area contributed by atoms with Crippen LogP contribution in [0.3, 0.4) is 0 Å². The number of carbonyl (C=O) groups excluding carboxylic acids is 1. The Bertz CT molecular complexity index is 1220. The van der Waals surface area contributed by atoms with Gasteiger partial charge in [-0.2, -0.15) is 4.99 Å². The van der Waals surface area contributed by atoms with Crippen LogP contribution in [0.5, 0.6) is 5.75 Å². The predicted molar refractivity (Wildman–Crippen MR) is 115 cm³/mol. The Labute approximate surface area is 178 Å². The Balaban J connectivity index is 1.82. The number of hydrogen-bond acceptors (Lipinski definition) is 5. The molecule has 162 valence electrons. The van der Waals surface area contributed by atoms with E-state index in [1.165, 1.54) is 6.07 Å². The first-order chi connectivity index (χ1) is 15.0. The van der Waals surface area contributed by atoms with Gasteiger partial charge in [-0.25, -0.2) is 14.4 Å². The van der Waals surface area contributed by atoms with Crippen LogP contribution in [0.2, 0.25) is 0 Å². The van der Waals surface area contributed by atoms with E-state index < -0.39 is 5.82 Å². The molecule has 0 aromatic carbocycles. The molecule has 3 aromatic rings. The molecular weight excluding hydrogens is 401 g/mol. The van der Waals surface area contributed by atoms with E-state index >= 15 is 0 Å². The maximum atomic E-state index is 14.6. The SMILES string of the molecule is COc1cc(N2CCNCC2)cn(C)c1=NC(=NC=O)c1cc(F)c2nc(C)cn2c1. The molecule has 0 spiro atoms. The van der Waals surface area contributed by atoms with Crippen molar-refractivity contribution >= 4 is 23.6 Å². The number of nitrogens with one attached hydrogen (secondary N) is 1. The highest BCUT2D eigenvalue weighted by molar-refractivity contribution is 6.02. The molecule has 1 aliphatic rings. The molecule has 1 N–H and O–H groups in total. The normalized spacial score (nSPS) is 15.5. The first kappa shape index (κ1) is 20.7. The Kier molecular flexibility index (Phi) is 5.81. The van der Waals surface area contributed by atoms with Crippen molar-refractivity contribution in [3.05, 3.63) is 53.3 Å². The number of methoxy groups -OCH3 is 1. The summed E-state index contributed by atoms with van der Waals surface area (Å²) in [7, 11) is 3.40. The van der Waals surface area contributed by atoms with E-state index in [4.69, 9.17) is 4.74 Å². The second-order valence-corrected chi connectivity index (χ2v) is 7.30. The van der Waals surface area contributed by atoms with Gasteiger partial charge in [0.15, 0.2) is 28.5 Å². The van der Waals surface area contributed by atoms with Crippen molar-refractivity contribution in [1.82, 2.24) is 19.3 Å². The summed E-state index contributed by atoms with van der Waals surface area (Å²) in [5.41, 5.74) is 2.70. The quantitative estimate of drug-likeness (QED) is 0.383. The average Bonchev–Trinajstić information content (AvgIpc) is 3.15. The molecule has 10 heteroatoms. The van der Waals surface area contributed by atoms with Gasteiger partial charge in [-0.3, -0.25) is 4.79 Å². The summed E-state index contributed by atoms with van der Waals surface area (Å²) < 4.78 is 23.5. The van der Waals surface area contributed by atoms with Gasteiger partial charge in [0, 0.05) is 63.4 Å². The molecule has 0 atom stereocenters. The van der Waals surface area contributed by atoms with Gasteiger partial charge in [0.2, 0.25) is 6.41 Å². The first-order valence-electron chi connectivity index (χ1n) is 9.92. The highest BCUT2D eigenvalue weighted by Crippen LogP contribution is 2.19. The lowest BCUT2D eigenvalue weighted by Crippen LogP contribution is -2.44. The standard InChI is InChI=1S/C21H24FN7O2/c1-14-10-29-11-15(8-17(22)20(29)25-14)19(24-13-30)26-21-18(31-3)9-16(12-27(21)2)28-6-4-23-5-7-28/h8-13,23H,4-7H2,1-3H3. The number of amides is 1. The lowest BCUT2D eigenvalue weighted by molar-refractivity contribution is -0.106. The summed E-state index contributed by atoms with van der Waals surface area (Å²) in [6, 6.07) is 3.18. The third-order valence-corrected chi connectivity index (χ3v) is 5.13. The fraction of sp³-hybridized carbons (Fsp3) is 0.333. The van der Waals surface area contributed by atoms with Crippen LogP contribution in [0.15, 0.2) is 40.7 Å². The summed E-state index contributed by atoms with van der Waals surface area (Å²) in [6.07, 6.45) is 5.69. The van der Waals surface area contributed by atoms with Crippen molar-refractivity contribution in [2.45, 2.75) is 6.92 Å². The molecule has 0 radical (unpaired) electrons. The summed E-state index contributed by atoms with van der Waals surface area (Å²) in [6.45, 7) is 5.38. The number of pyridine rings is 2.